The van der Waals surface area contributed by atoms with E-state index in [4.69, 9.17) is 10.5 Å². The molecule has 0 spiro atoms. The average molecular weight is 272 g/mol. The van der Waals surface area contributed by atoms with Gasteiger partial charge in [-0.25, -0.2) is 9.97 Å². The highest BCUT2D eigenvalue weighted by molar-refractivity contribution is 5.44. The predicted molar refractivity (Wildman–Crippen MR) is 80.7 cm³/mol. The topological polar surface area (TPSA) is 73.1 Å². The first-order chi connectivity index (χ1) is 9.69. The van der Waals surface area contributed by atoms with Gasteiger partial charge in [-0.2, -0.15) is 0 Å². The molecule has 0 aliphatic carbocycles. The minimum atomic E-state index is 0.129. The van der Waals surface area contributed by atoms with Crippen molar-refractivity contribution < 1.29 is 4.74 Å². The Labute approximate surface area is 119 Å². The molecule has 1 atom stereocenters. The second-order valence-electron chi connectivity index (χ2n) is 4.62. The van der Waals surface area contributed by atoms with E-state index in [0.29, 0.717) is 12.5 Å². The number of nitrogen functional groups attached to an aromatic ring is 1. The molecular weight excluding hydrogens is 252 g/mol. The van der Waals surface area contributed by atoms with Gasteiger partial charge in [0.25, 0.3) is 0 Å². The number of rotatable bonds is 6. The fourth-order valence-corrected chi connectivity index (χ4v) is 1.79. The van der Waals surface area contributed by atoms with Crippen LogP contribution < -0.4 is 15.8 Å². The molecule has 2 aromatic rings. The first kappa shape index (κ1) is 14.1. The Balaban J connectivity index is 2.03. The molecule has 0 radical (unpaired) electrons. The van der Waals surface area contributed by atoms with E-state index in [9.17, 15) is 0 Å². The van der Waals surface area contributed by atoms with Crippen molar-refractivity contribution in [3.63, 3.8) is 0 Å². The first-order valence-electron chi connectivity index (χ1n) is 6.76. The van der Waals surface area contributed by atoms with Crippen LogP contribution in [0.4, 0.5) is 11.5 Å². The van der Waals surface area contributed by atoms with Crippen LogP contribution in [0.1, 0.15) is 31.9 Å². The Bertz CT molecular complexity index is 542. The van der Waals surface area contributed by atoms with Crippen LogP contribution in [-0.2, 0) is 0 Å². The van der Waals surface area contributed by atoms with Gasteiger partial charge in [-0.05, 0) is 31.0 Å². The summed E-state index contributed by atoms with van der Waals surface area (Å²) >= 11 is 0. The molecule has 0 aliphatic rings. The van der Waals surface area contributed by atoms with E-state index in [0.717, 1.165) is 23.5 Å². The van der Waals surface area contributed by atoms with E-state index in [2.05, 4.69) is 29.1 Å². The minimum Gasteiger partial charge on any atom is -0.478 e. The van der Waals surface area contributed by atoms with Crippen LogP contribution in [0.3, 0.4) is 0 Å². The summed E-state index contributed by atoms with van der Waals surface area (Å²) in [6.07, 6.45) is 2.46. The number of anilines is 2. The molecule has 1 aromatic heterocycles. The number of aromatic nitrogens is 2. The Hall–Kier alpha value is -2.30. The summed E-state index contributed by atoms with van der Waals surface area (Å²) in [4.78, 5) is 8.28. The molecule has 0 amide bonds. The smallest absolute Gasteiger partial charge is 0.218 e. The van der Waals surface area contributed by atoms with Crippen LogP contribution in [0, 0.1) is 0 Å². The lowest BCUT2D eigenvalue weighted by Gasteiger charge is -2.15. The van der Waals surface area contributed by atoms with E-state index in [1.807, 2.05) is 30.3 Å². The van der Waals surface area contributed by atoms with Gasteiger partial charge in [0.15, 0.2) is 0 Å². The highest BCUT2D eigenvalue weighted by Crippen LogP contribution is 2.20. The van der Waals surface area contributed by atoms with Crippen LogP contribution in [0.2, 0.25) is 0 Å². The van der Waals surface area contributed by atoms with Crippen molar-refractivity contribution in [3.8, 4) is 5.88 Å². The van der Waals surface area contributed by atoms with Crippen molar-refractivity contribution in [2.24, 2.45) is 0 Å². The Kier molecular flexibility index (Phi) is 4.76. The molecule has 106 valence electrons. The largest absolute Gasteiger partial charge is 0.478 e. The van der Waals surface area contributed by atoms with E-state index in [1.54, 1.807) is 0 Å². The van der Waals surface area contributed by atoms with E-state index < -0.39 is 0 Å². The monoisotopic (exact) mass is 272 g/mol. The van der Waals surface area contributed by atoms with E-state index >= 15 is 0 Å². The van der Waals surface area contributed by atoms with Gasteiger partial charge in [0.1, 0.15) is 12.1 Å². The molecule has 0 aliphatic heterocycles. The van der Waals surface area contributed by atoms with Crippen molar-refractivity contribution in [2.45, 2.75) is 26.3 Å². The third-order valence-corrected chi connectivity index (χ3v) is 2.90. The van der Waals surface area contributed by atoms with Gasteiger partial charge >= 0.3 is 0 Å². The second-order valence-corrected chi connectivity index (χ2v) is 4.62. The molecule has 3 N–H and O–H groups in total. The standard InChI is InChI=1S/C15H20N4O/c1-3-8-20-15-9-14(17-10-18-15)19-11(2)12-4-6-13(16)7-5-12/h4-7,9-11H,3,8,16H2,1-2H3,(H,17,18,19). The van der Waals surface area contributed by atoms with Gasteiger partial charge in [0.05, 0.1) is 6.61 Å². The molecule has 1 heterocycles. The van der Waals surface area contributed by atoms with Crippen molar-refractivity contribution >= 4 is 11.5 Å². The molecule has 1 unspecified atom stereocenters. The number of ether oxygens (including phenoxy) is 1. The van der Waals surface area contributed by atoms with Gasteiger partial charge in [0, 0.05) is 17.8 Å². The molecule has 0 fully saturated rings. The van der Waals surface area contributed by atoms with Crippen LogP contribution in [-0.4, -0.2) is 16.6 Å². The minimum absolute atomic E-state index is 0.129. The number of nitrogens with two attached hydrogens (primary N) is 1. The van der Waals surface area contributed by atoms with Crippen LogP contribution in [0.5, 0.6) is 5.88 Å². The maximum Gasteiger partial charge on any atom is 0.218 e. The molecule has 1 aromatic carbocycles. The third-order valence-electron chi connectivity index (χ3n) is 2.90. The van der Waals surface area contributed by atoms with Crippen LogP contribution in [0.25, 0.3) is 0 Å². The predicted octanol–water partition coefficient (Wildman–Crippen LogP) is 3.02. The summed E-state index contributed by atoms with van der Waals surface area (Å²) in [6, 6.07) is 9.73. The number of hydrogen-bond donors (Lipinski definition) is 2. The molecule has 0 bridgehead atoms. The number of benzene rings is 1. The molecule has 0 saturated carbocycles. The Morgan fingerprint density at radius 1 is 1.25 bits per heavy atom. The average Bonchev–Trinajstić information content (AvgIpc) is 2.46. The van der Waals surface area contributed by atoms with Crippen molar-refractivity contribution in [1.29, 1.82) is 0 Å². The molecular formula is C15H20N4O. The SMILES string of the molecule is CCCOc1cc(NC(C)c2ccc(N)cc2)ncn1. The van der Waals surface area contributed by atoms with Gasteiger partial charge in [-0.15, -0.1) is 0 Å². The zero-order valence-electron chi connectivity index (χ0n) is 11.8. The molecule has 2 rings (SSSR count). The van der Waals surface area contributed by atoms with Crippen molar-refractivity contribution in [2.75, 3.05) is 17.7 Å². The number of hydrogen-bond acceptors (Lipinski definition) is 5. The lowest BCUT2D eigenvalue weighted by molar-refractivity contribution is 0.305. The summed E-state index contributed by atoms with van der Waals surface area (Å²) in [7, 11) is 0. The normalized spacial score (nSPS) is 11.9. The molecule has 20 heavy (non-hydrogen) atoms. The summed E-state index contributed by atoms with van der Waals surface area (Å²) in [6.45, 7) is 4.79. The Morgan fingerprint density at radius 3 is 2.70 bits per heavy atom. The van der Waals surface area contributed by atoms with E-state index in [1.165, 1.54) is 6.33 Å². The summed E-state index contributed by atoms with van der Waals surface area (Å²) < 4.78 is 5.49. The third kappa shape index (κ3) is 3.85. The second kappa shape index (κ2) is 6.75. The molecule has 5 nitrogen and oxygen atoms in total. The van der Waals surface area contributed by atoms with E-state index in [-0.39, 0.29) is 6.04 Å². The van der Waals surface area contributed by atoms with Gasteiger partial charge < -0.3 is 15.8 Å². The number of nitrogens with zero attached hydrogens (tertiary/aromatic N) is 2. The first-order valence-corrected chi connectivity index (χ1v) is 6.76. The molecule has 0 saturated heterocycles. The zero-order valence-corrected chi connectivity index (χ0v) is 11.8. The maximum atomic E-state index is 5.69. The lowest BCUT2D eigenvalue weighted by Crippen LogP contribution is -2.08. The van der Waals surface area contributed by atoms with Crippen LogP contribution >= 0.6 is 0 Å². The highest BCUT2D eigenvalue weighted by atomic mass is 16.5. The van der Waals surface area contributed by atoms with Gasteiger partial charge in [-0.1, -0.05) is 19.1 Å². The van der Waals surface area contributed by atoms with Crippen molar-refractivity contribution in [3.05, 3.63) is 42.2 Å². The lowest BCUT2D eigenvalue weighted by atomic mass is 10.1. The van der Waals surface area contributed by atoms with Gasteiger partial charge in [-0.3, -0.25) is 0 Å². The maximum absolute atomic E-state index is 5.69. The fraction of sp³-hybridized carbons (Fsp3) is 0.333. The quantitative estimate of drug-likeness (QED) is 0.791. The van der Waals surface area contributed by atoms with Crippen molar-refractivity contribution in [1.82, 2.24) is 9.97 Å². The Morgan fingerprint density at radius 2 is 2.00 bits per heavy atom. The summed E-state index contributed by atoms with van der Waals surface area (Å²) in [5, 5.41) is 3.32. The van der Waals surface area contributed by atoms with Gasteiger partial charge in [0.2, 0.25) is 5.88 Å². The summed E-state index contributed by atoms with van der Waals surface area (Å²) in [5.74, 6) is 1.34. The van der Waals surface area contributed by atoms with Crippen LogP contribution in [0.15, 0.2) is 36.7 Å². The highest BCUT2D eigenvalue weighted by Gasteiger charge is 2.07. The zero-order chi connectivity index (χ0) is 14.4. The molecule has 5 heteroatoms. The summed E-state index contributed by atoms with van der Waals surface area (Å²) in [5.41, 5.74) is 7.60. The fourth-order valence-electron chi connectivity index (χ4n) is 1.79. The number of nitrogens with one attached hydrogen (secondary N) is 1.